The molecule has 112 valence electrons. The second-order valence-electron chi connectivity index (χ2n) is 5.16. The number of benzene rings is 1. The highest BCUT2D eigenvalue weighted by atomic mass is 19.1. The number of rotatable bonds is 4. The number of carbonyl (C=O) groups excluding carboxylic acids is 2. The zero-order valence-corrected chi connectivity index (χ0v) is 11.7. The molecule has 1 aromatic carbocycles. The number of allylic oxidation sites excluding steroid dienone is 1. The van der Waals surface area contributed by atoms with Crippen LogP contribution in [0, 0.1) is 17.6 Å². The first-order valence-electron chi connectivity index (χ1n) is 6.53. The fourth-order valence-electron chi connectivity index (χ4n) is 1.99. The molecule has 1 atom stereocenters. The zero-order chi connectivity index (χ0) is 15.6. The average Bonchev–Trinajstić information content (AvgIpc) is 2.74. The van der Waals surface area contributed by atoms with Gasteiger partial charge in [0.05, 0.1) is 0 Å². The Morgan fingerprint density at radius 3 is 2.76 bits per heavy atom. The van der Waals surface area contributed by atoms with E-state index < -0.39 is 23.5 Å². The van der Waals surface area contributed by atoms with Crippen molar-refractivity contribution in [2.24, 2.45) is 5.92 Å². The van der Waals surface area contributed by atoms with Crippen molar-refractivity contribution in [3.8, 4) is 0 Å². The molecule has 1 aliphatic rings. The second-order valence-corrected chi connectivity index (χ2v) is 5.16. The van der Waals surface area contributed by atoms with Gasteiger partial charge in [-0.15, -0.1) is 0 Å². The molecule has 1 amide bonds. The van der Waals surface area contributed by atoms with E-state index in [4.69, 9.17) is 4.74 Å². The van der Waals surface area contributed by atoms with Crippen molar-refractivity contribution in [3.05, 3.63) is 47.4 Å². The van der Waals surface area contributed by atoms with Crippen LogP contribution in [0.15, 0.2) is 30.2 Å². The summed E-state index contributed by atoms with van der Waals surface area (Å²) in [5.74, 6) is -2.07. The molecule has 0 radical (unpaired) electrons. The molecule has 1 aromatic rings. The number of nitrogens with one attached hydrogen (secondary N) is 1. The fraction of sp³-hybridized carbons (Fsp3) is 0.333. The zero-order valence-electron chi connectivity index (χ0n) is 11.7. The Morgan fingerprint density at radius 2 is 2.14 bits per heavy atom. The summed E-state index contributed by atoms with van der Waals surface area (Å²) in [4.78, 5) is 23.4. The van der Waals surface area contributed by atoms with Gasteiger partial charge in [0.2, 0.25) is 0 Å². The van der Waals surface area contributed by atoms with Crippen molar-refractivity contribution >= 4 is 11.7 Å². The van der Waals surface area contributed by atoms with Crippen molar-refractivity contribution in [2.75, 3.05) is 0 Å². The quantitative estimate of drug-likeness (QED) is 0.865. The predicted octanol–water partition coefficient (Wildman–Crippen LogP) is 2.09. The molecule has 2 rings (SSSR count). The summed E-state index contributed by atoms with van der Waals surface area (Å²) in [6.45, 7) is 3.63. The van der Waals surface area contributed by atoms with E-state index in [1.54, 1.807) is 0 Å². The smallest absolute Gasteiger partial charge is 0.268 e. The minimum atomic E-state index is -0.653. The van der Waals surface area contributed by atoms with Gasteiger partial charge < -0.3 is 4.74 Å². The van der Waals surface area contributed by atoms with E-state index >= 15 is 0 Å². The molecule has 0 saturated carbocycles. The Hall–Kier alpha value is -2.24. The van der Waals surface area contributed by atoms with Crippen LogP contribution in [0.4, 0.5) is 8.78 Å². The van der Waals surface area contributed by atoms with Gasteiger partial charge in [-0.25, -0.2) is 8.78 Å². The fourth-order valence-corrected chi connectivity index (χ4v) is 1.99. The molecule has 1 heterocycles. The second kappa shape index (κ2) is 6.03. The van der Waals surface area contributed by atoms with Crippen LogP contribution in [0.5, 0.6) is 0 Å². The van der Waals surface area contributed by atoms with Gasteiger partial charge in [0.1, 0.15) is 11.6 Å². The van der Waals surface area contributed by atoms with Gasteiger partial charge in [-0.05, 0) is 29.7 Å². The van der Waals surface area contributed by atoms with Crippen molar-refractivity contribution in [2.45, 2.75) is 26.4 Å². The molecule has 0 aromatic heterocycles. The van der Waals surface area contributed by atoms with E-state index in [-0.39, 0.29) is 29.7 Å². The van der Waals surface area contributed by atoms with E-state index in [1.165, 1.54) is 0 Å². The Morgan fingerprint density at radius 1 is 1.43 bits per heavy atom. The van der Waals surface area contributed by atoms with Gasteiger partial charge in [-0.1, -0.05) is 13.8 Å². The maximum Gasteiger partial charge on any atom is 0.268 e. The molecule has 0 unspecified atom stereocenters. The molecule has 0 bridgehead atoms. The van der Waals surface area contributed by atoms with Gasteiger partial charge in [-0.2, -0.15) is 0 Å². The van der Waals surface area contributed by atoms with Crippen LogP contribution in [0.1, 0.15) is 19.4 Å². The number of ether oxygens (including phenoxy) is 1. The summed E-state index contributed by atoms with van der Waals surface area (Å²) in [5.41, 5.74) is -0.0402. The third kappa shape index (κ3) is 3.65. The number of ketones is 1. The minimum absolute atomic E-state index is 0.0355. The lowest BCUT2D eigenvalue weighted by molar-refractivity contribution is -0.125. The normalized spacial score (nSPS) is 19.8. The van der Waals surface area contributed by atoms with Gasteiger partial charge in [0.25, 0.3) is 5.91 Å². The molecule has 1 saturated heterocycles. The van der Waals surface area contributed by atoms with Crippen LogP contribution in [0.2, 0.25) is 0 Å². The molecule has 1 N–H and O–H groups in total. The van der Waals surface area contributed by atoms with Crippen LogP contribution < -0.4 is 5.32 Å². The molecule has 4 nitrogen and oxygen atoms in total. The minimum Gasteiger partial charge on any atom is -0.465 e. The summed E-state index contributed by atoms with van der Waals surface area (Å²) in [6.07, 6.45) is 0.137. The van der Waals surface area contributed by atoms with Gasteiger partial charge in [0, 0.05) is 12.5 Å². The van der Waals surface area contributed by atoms with Crippen molar-refractivity contribution in [3.63, 3.8) is 0 Å². The monoisotopic (exact) mass is 295 g/mol. The van der Waals surface area contributed by atoms with Crippen LogP contribution in [0.3, 0.4) is 0 Å². The molecule has 21 heavy (non-hydrogen) atoms. The molecule has 1 aliphatic heterocycles. The Balaban J connectivity index is 2.07. The standard InChI is InChI=1S/C15H15F2NO3/c1-8(2)14-15(20)18-13(21-14)7-11(19)6-9-5-10(16)3-4-12(9)17/h3-5,7-8,14H,6H2,1-2H3,(H,18,20)/b13-7+/t14-/m0/s1. The lowest BCUT2D eigenvalue weighted by Crippen LogP contribution is -2.27. The molecule has 0 aliphatic carbocycles. The van der Waals surface area contributed by atoms with Crippen LogP contribution >= 0.6 is 0 Å². The van der Waals surface area contributed by atoms with Gasteiger partial charge in [0.15, 0.2) is 17.8 Å². The first-order chi connectivity index (χ1) is 9.86. The maximum absolute atomic E-state index is 13.4. The third-order valence-electron chi connectivity index (χ3n) is 3.03. The number of carbonyl (C=O) groups is 2. The summed E-state index contributed by atoms with van der Waals surface area (Å²) in [6, 6.07) is 2.92. The first kappa shape index (κ1) is 15.2. The Labute approximate surface area is 120 Å². The summed E-state index contributed by atoms with van der Waals surface area (Å²) in [7, 11) is 0. The van der Waals surface area contributed by atoms with E-state index in [0.717, 1.165) is 24.3 Å². The molecular weight excluding hydrogens is 280 g/mol. The maximum atomic E-state index is 13.4. The number of amides is 1. The Kier molecular flexibility index (Phi) is 4.35. The van der Waals surface area contributed by atoms with Crippen molar-refractivity contribution < 1.29 is 23.1 Å². The number of hydrogen-bond acceptors (Lipinski definition) is 3. The van der Waals surface area contributed by atoms with E-state index in [2.05, 4.69) is 5.32 Å². The molecule has 0 spiro atoms. The Bertz CT molecular complexity index is 611. The highest BCUT2D eigenvalue weighted by Gasteiger charge is 2.32. The first-order valence-corrected chi connectivity index (χ1v) is 6.53. The summed E-state index contributed by atoms with van der Waals surface area (Å²) in [5, 5.41) is 2.44. The summed E-state index contributed by atoms with van der Waals surface area (Å²) >= 11 is 0. The SMILES string of the molecule is CC(C)[C@@H]1O/C(=C/C(=O)Cc2cc(F)ccc2F)NC1=O. The van der Waals surface area contributed by atoms with Crippen LogP contribution in [0.25, 0.3) is 0 Å². The average molecular weight is 295 g/mol. The number of halogens is 2. The predicted molar refractivity (Wildman–Crippen MR) is 71.0 cm³/mol. The van der Waals surface area contributed by atoms with E-state index in [0.29, 0.717) is 0 Å². The molecule has 6 heteroatoms. The topological polar surface area (TPSA) is 55.4 Å². The van der Waals surface area contributed by atoms with E-state index in [1.807, 2.05) is 13.8 Å². The summed E-state index contributed by atoms with van der Waals surface area (Å²) < 4.78 is 31.8. The number of hydrogen-bond donors (Lipinski definition) is 1. The van der Waals surface area contributed by atoms with Crippen LogP contribution in [-0.2, 0) is 20.7 Å². The highest BCUT2D eigenvalue weighted by Crippen LogP contribution is 2.18. The lowest BCUT2D eigenvalue weighted by Gasteiger charge is -2.10. The van der Waals surface area contributed by atoms with Crippen molar-refractivity contribution in [1.82, 2.24) is 5.32 Å². The largest absolute Gasteiger partial charge is 0.465 e. The van der Waals surface area contributed by atoms with Gasteiger partial charge >= 0.3 is 0 Å². The molecule has 1 fully saturated rings. The van der Waals surface area contributed by atoms with Gasteiger partial charge in [-0.3, -0.25) is 14.9 Å². The molecular formula is C15H15F2NO3. The third-order valence-corrected chi connectivity index (χ3v) is 3.03. The van der Waals surface area contributed by atoms with Crippen molar-refractivity contribution in [1.29, 1.82) is 0 Å². The van der Waals surface area contributed by atoms with Crippen LogP contribution in [-0.4, -0.2) is 17.8 Å². The lowest BCUT2D eigenvalue weighted by atomic mass is 10.1. The van der Waals surface area contributed by atoms with E-state index in [9.17, 15) is 18.4 Å². The highest BCUT2D eigenvalue weighted by molar-refractivity contribution is 5.93.